The van der Waals surface area contributed by atoms with Gasteiger partial charge in [0, 0.05) is 23.0 Å². The van der Waals surface area contributed by atoms with E-state index >= 15 is 0 Å². The van der Waals surface area contributed by atoms with Crippen LogP contribution in [0.4, 0.5) is 10.1 Å². The lowest BCUT2D eigenvalue weighted by Gasteiger charge is -2.05. The van der Waals surface area contributed by atoms with Crippen molar-refractivity contribution in [3.05, 3.63) is 64.4 Å². The standard InChI is InChI=1S/C18H17BrFN3O2/c19-14-3-1-4-16(11-14)22-17(24)5-2-6-18(25)23-21-12-13-7-9-15(20)10-8-13/h1,3-4,7-12H,2,5-6H2,(H,22,24)(H,23,25)/b21-12-. The van der Waals surface area contributed by atoms with Crippen molar-refractivity contribution < 1.29 is 14.0 Å². The molecular formula is C18H17BrFN3O2. The molecule has 2 aromatic rings. The third-order valence-electron chi connectivity index (χ3n) is 3.19. The van der Waals surface area contributed by atoms with E-state index in [1.807, 2.05) is 12.1 Å². The number of hydrogen-bond donors (Lipinski definition) is 2. The Morgan fingerprint density at radius 1 is 1.08 bits per heavy atom. The second kappa shape index (κ2) is 9.68. The first-order valence-corrected chi connectivity index (χ1v) is 8.45. The van der Waals surface area contributed by atoms with Gasteiger partial charge in [-0.3, -0.25) is 9.59 Å². The van der Waals surface area contributed by atoms with Crippen molar-refractivity contribution in [2.75, 3.05) is 5.32 Å². The van der Waals surface area contributed by atoms with E-state index in [-0.39, 0.29) is 30.5 Å². The third kappa shape index (κ3) is 7.26. The number of nitrogens with one attached hydrogen (secondary N) is 2. The molecule has 25 heavy (non-hydrogen) atoms. The number of carbonyl (C=O) groups excluding carboxylic acids is 2. The number of hydrogen-bond acceptors (Lipinski definition) is 3. The molecular weight excluding hydrogens is 389 g/mol. The van der Waals surface area contributed by atoms with Gasteiger partial charge in [0.05, 0.1) is 6.21 Å². The van der Waals surface area contributed by atoms with E-state index in [1.165, 1.54) is 18.3 Å². The highest BCUT2D eigenvalue weighted by molar-refractivity contribution is 9.10. The zero-order valence-electron chi connectivity index (χ0n) is 13.3. The van der Waals surface area contributed by atoms with Crippen molar-refractivity contribution in [2.45, 2.75) is 19.3 Å². The molecule has 0 spiro atoms. The van der Waals surface area contributed by atoms with Crippen LogP contribution in [0.5, 0.6) is 0 Å². The van der Waals surface area contributed by atoms with Crippen molar-refractivity contribution in [1.29, 1.82) is 0 Å². The van der Waals surface area contributed by atoms with E-state index < -0.39 is 0 Å². The maximum Gasteiger partial charge on any atom is 0.240 e. The Labute approximate surface area is 153 Å². The molecule has 0 fully saturated rings. The Morgan fingerprint density at radius 2 is 1.80 bits per heavy atom. The van der Waals surface area contributed by atoms with E-state index in [4.69, 9.17) is 0 Å². The molecule has 0 radical (unpaired) electrons. The fraction of sp³-hybridized carbons (Fsp3) is 0.167. The first kappa shape index (κ1) is 18.8. The van der Waals surface area contributed by atoms with Gasteiger partial charge in [-0.25, -0.2) is 9.82 Å². The summed E-state index contributed by atoms with van der Waals surface area (Å²) in [6, 6.07) is 13.0. The van der Waals surface area contributed by atoms with Gasteiger partial charge in [0.15, 0.2) is 0 Å². The summed E-state index contributed by atoms with van der Waals surface area (Å²) in [5.74, 6) is -0.767. The van der Waals surface area contributed by atoms with Crippen LogP contribution in [0.2, 0.25) is 0 Å². The minimum atomic E-state index is -0.331. The summed E-state index contributed by atoms with van der Waals surface area (Å²) in [6.45, 7) is 0. The molecule has 2 amide bonds. The number of benzene rings is 2. The van der Waals surface area contributed by atoms with Crippen LogP contribution in [-0.2, 0) is 9.59 Å². The molecule has 130 valence electrons. The SMILES string of the molecule is O=C(CCCC(=O)Nc1cccc(Br)c1)N/N=C\c1ccc(F)cc1. The summed E-state index contributed by atoms with van der Waals surface area (Å²) in [5.41, 5.74) is 3.75. The van der Waals surface area contributed by atoms with Crippen LogP contribution in [-0.4, -0.2) is 18.0 Å². The molecule has 0 atom stereocenters. The van der Waals surface area contributed by atoms with E-state index in [0.717, 1.165) is 4.47 Å². The zero-order valence-corrected chi connectivity index (χ0v) is 14.9. The number of nitrogens with zero attached hydrogens (tertiary/aromatic N) is 1. The number of rotatable bonds is 7. The molecule has 2 rings (SSSR count). The third-order valence-corrected chi connectivity index (χ3v) is 3.68. The summed E-state index contributed by atoms with van der Waals surface area (Å²) in [5, 5.41) is 6.56. The minimum Gasteiger partial charge on any atom is -0.326 e. The quantitative estimate of drug-likeness (QED) is 0.542. The number of anilines is 1. The lowest BCUT2D eigenvalue weighted by molar-refractivity contribution is -0.121. The molecule has 0 aliphatic heterocycles. The molecule has 2 N–H and O–H groups in total. The maximum absolute atomic E-state index is 12.7. The molecule has 0 saturated carbocycles. The second-order valence-corrected chi connectivity index (χ2v) is 6.17. The molecule has 0 aliphatic carbocycles. The molecule has 2 aromatic carbocycles. The second-order valence-electron chi connectivity index (χ2n) is 5.26. The monoisotopic (exact) mass is 405 g/mol. The summed E-state index contributed by atoms with van der Waals surface area (Å²) < 4.78 is 13.6. The normalized spacial score (nSPS) is 10.6. The van der Waals surface area contributed by atoms with Crippen molar-refractivity contribution >= 4 is 39.6 Å². The Kier molecular flexibility index (Phi) is 7.28. The molecule has 0 unspecified atom stereocenters. The molecule has 0 aliphatic rings. The molecule has 0 aromatic heterocycles. The van der Waals surface area contributed by atoms with Crippen LogP contribution in [0.25, 0.3) is 0 Å². The first-order valence-electron chi connectivity index (χ1n) is 7.66. The largest absolute Gasteiger partial charge is 0.326 e. The highest BCUT2D eigenvalue weighted by Gasteiger charge is 2.05. The predicted molar refractivity (Wildman–Crippen MR) is 98.8 cm³/mol. The van der Waals surface area contributed by atoms with Crippen molar-refractivity contribution in [3.8, 4) is 0 Å². The predicted octanol–water partition coefficient (Wildman–Crippen LogP) is 3.85. The van der Waals surface area contributed by atoms with Crippen LogP contribution in [0.15, 0.2) is 58.1 Å². The average Bonchev–Trinajstić information content (AvgIpc) is 2.56. The van der Waals surface area contributed by atoms with Gasteiger partial charge >= 0.3 is 0 Å². The zero-order chi connectivity index (χ0) is 18.1. The van der Waals surface area contributed by atoms with Crippen LogP contribution < -0.4 is 10.7 Å². The maximum atomic E-state index is 12.7. The van der Waals surface area contributed by atoms with E-state index in [1.54, 1.807) is 24.3 Å². The molecule has 7 heteroatoms. The Hall–Kier alpha value is -2.54. The van der Waals surface area contributed by atoms with Crippen LogP contribution in [0.3, 0.4) is 0 Å². The topological polar surface area (TPSA) is 70.6 Å². The van der Waals surface area contributed by atoms with E-state index in [0.29, 0.717) is 17.7 Å². The van der Waals surface area contributed by atoms with Gasteiger partial charge in [0.2, 0.25) is 11.8 Å². The van der Waals surface area contributed by atoms with Crippen molar-refractivity contribution in [3.63, 3.8) is 0 Å². The molecule has 0 bridgehead atoms. The summed E-state index contributed by atoms with van der Waals surface area (Å²) in [7, 11) is 0. The van der Waals surface area contributed by atoms with Crippen LogP contribution >= 0.6 is 15.9 Å². The molecule has 5 nitrogen and oxygen atoms in total. The smallest absolute Gasteiger partial charge is 0.240 e. The van der Waals surface area contributed by atoms with Gasteiger partial charge < -0.3 is 5.32 Å². The number of halogens is 2. The average molecular weight is 406 g/mol. The lowest BCUT2D eigenvalue weighted by atomic mass is 10.2. The summed E-state index contributed by atoms with van der Waals surface area (Å²) in [4.78, 5) is 23.5. The lowest BCUT2D eigenvalue weighted by Crippen LogP contribution is -2.18. The van der Waals surface area contributed by atoms with Gasteiger partial charge in [-0.1, -0.05) is 34.1 Å². The molecule has 0 heterocycles. The van der Waals surface area contributed by atoms with Crippen molar-refractivity contribution in [1.82, 2.24) is 5.43 Å². The number of amides is 2. The fourth-order valence-electron chi connectivity index (χ4n) is 1.98. The number of hydrazone groups is 1. The van der Waals surface area contributed by atoms with Gasteiger partial charge in [-0.15, -0.1) is 0 Å². The Bertz CT molecular complexity index is 763. The van der Waals surface area contributed by atoms with Gasteiger partial charge in [-0.2, -0.15) is 5.10 Å². The van der Waals surface area contributed by atoms with Gasteiger partial charge in [0.25, 0.3) is 0 Å². The van der Waals surface area contributed by atoms with Crippen LogP contribution in [0.1, 0.15) is 24.8 Å². The first-order chi connectivity index (χ1) is 12.0. The van der Waals surface area contributed by atoms with E-state index in [9.17, 15) is 14.0 Å². The highest BCUT2D eigenvalue weighted by atomic mass is 79.9. The highest BCUT2D eigenvalue weighted by Crippen LogP contribution is 2.16. The Balaban J connectivity index is 1.66. The fourth-order valence-corrected chi connectivity index (χ4v) is 2.38. The molecule has 0 saturated heterocycles. The Morgan fingerprint density at radius 3 is 2.52 bits per heavy atom. The van der Waals surface area contributed by atoms with E-state index in [2.05, 4.69) is 31.8 Å². The summed E-state index contributed by atoms with van der Waals surface area (Å²) >= 11 is 3.33. The van der Waals surface area contributed by atoms with Gasteiger partial charge in [-0.05, 0) is 42.3 Å². The summed E-state index contributed by atoms with van der Waals surface area (Å²) in [6.07, 6.45) is 2.27. The van der Waals surface area contributed by atoms with Gasteiger partial charge in [0.1, 0.15) is 5.82 Å². The van der Waals surface area contributed by atoms with Crippen LogP contribution in [0, 0.1) is 5.82 Å². The van der Waals surface area contributed by atoms with Crippen molar-refractivity contribution in [2.24, 2.45) is 5.10 Å². The minimum absolute atomic E-state index is 0.152. The number of carbonyl (C=O) groups is 2.